The second kappa shape index (κ2) is 7.41. The quantitative estimate of drug-likeness (QED) is 0.761. The third-order valence-electron chi connectivity index (χ3n) is 4.12. The van der Waals surface area contributed by atoms with Crippen LogP contribution in [-0.2, 0) is 11.8 Å². The van der Waals surface area contributed by atoms with Gasteiger partial charge in [0.15, 0.2) is 16.8 Å². The van der Waals surface area contributed by atoms with Crippen molar-refractivity contribution < 1.29 is 9.69 Å². The van der Waals surface area contributed by atoms with Gasteiger partial charge in [-0.3, -0.25) is 10.1 Å². The Bertz CT molecular complexity index is 656. The molecule has 0 bridgehead atoms. The van der Waals surface area contributed by atoms with Gasteiger partial charge in [-0.1, -0.05) is 11.8 Å². The number of aromatic nitrogens is 4. The van der Waals surface area contributed by atoms with Crippen LogP contribution in [0.5, 0.6) is 0 Å². The highest BCUT2D eigenvalue weighted by molar-refractivity contribution is 7.98. The molecule has 0 saturated carbocycles. The van der Waals surface area contributed by atoms with Gasteiger partial charge in [-0.25, -0.2) is 4.98 Å². The number of quaternary nitrogens is 1. The van der Waals surface area contributed by atoms with Crippen LogP contribution in [0.2, 0.25) is 0 Å². The van der Waals surface area contributed by atoms with Gasteiger partial charge < -0.3 is 9.47 Å². The summed E-state index contributed by atoms with van der Waals surface area (Å²) in [7, 11) is 2.02. The average molecular weight is 353 g/mol. The highest BCUT2D eigenvalue weighted by Crippen LogP contribution is 2.22. The van der Waals surface area contributed by atoms with Crippen LogP contribution >= 0.6 is 23.1 Å². The first-order valence-corrected chi connectivity index (χ1v) is 9.74. The number of rotatable bonds is 5. The van der Waals surface area contributed by atoms with Crippen LogP contribution in [0.3, 0.4) is 0 Å². The van der Waals surface area contributed by atoms with Gasteiger partial charge >= 0.3 is 0 Å². The Kier molecular flexibility index (Phi) is 5.29. The Morgan fingerprint density at radius 1 is 1.57 bits per heavy atom. The lowest BCUT2D eigenvalue weighted by Gasteiger charge is -2.28. The van der Waals surface area contributed by atoms with Crippen molar-refractivity contribution in [3.05, 3.63) is 17.4 Å². The SMILES string of the molecule is CSc1nnc([C@H]2CCC[NH+](CC(=O)Nc3nccs3)C2)n1C. The van der Waals surface area contributed by atoms with E-state index in [2.05, 4.69) is 25.1 Å². The van der Waals surface area contributed by atoms with E-state index in [1.54, 1.807) is 18.0 Å². The molecule has 3 rings (SSSR count). The molecule has 1 fully saturated rings. The lowest BCUT2D eigenvalue weighted by Crippen LogP contribution is -3.14. The zero-order valence-corrected chi connectivity index (χ0v) is 14.9. The standard InChI is InChI=1S/C14H20N6OS2/c1-19-12(17-18-14(19)22-2)10-4-3-6-20(8-10)9-11(21)16-13-15-5-7-23-13/h5,7,10H,3-4,6,8-9H2,1-2H3,(H,15,16,21)/p+1/t10-/m0/s1. The number of carbonyl (C=O) groups excluding carboxylic acids is 1. The van der Waals surface area contributed by atoms with Gasteiger partial charge in [0.25, 0.3) is 5.91 Å². The smallest absolute Gasteiger partial charge is 0.281 e. The summed E-state index contributed by atoms with van der Waals surface area (Å²) in [5.74, 6) is 1.43. The van der Waals surface area contributed by atoms with Crippen molar-refractivity contribution in [1.29, 1.82) is 0 Å². The molecule has 2 aromatic heterocycles. The average Bonchev–Trinajstić information content (AvgIpc) is 3.16. The zero-order valence-electron chi connectivity index (χ0n) is 13.3. The number of hydrogen-bond acceptors (Lipinski definition) is 6. The molecule has 3 heterocycles. The molecule has 1 saturated heterocycles. The minimum Gasteiger partial charge on any atom is -0.327 e. The van der Waals surface area contributed by atoms with Crippen LogP contribution in [0.4, 0.5) is 5.13 Å². The molecule has 0 spiro atoms. The van der Waals surface area contributed by atoms with Crippen molar-refractivity contribution in [1.82, 2.24) is 19.7 Å². The molecule has 0 aliphatic carbocycles. The lowest BCUT2D eigenvalue weighted by atomic mass is 9.97. The van der Waals surface area contributed by atoms with Gasteiger partial charge in [0, 0.05) is 18.6 Å². The van der Waals surface area contributed by atoms with Crippen LogP contribution in [0.15, 0.2) is 16.7 Å². The number of hydrogen-bond donors (Lipinski definition) is 2. The fraction of sp³-hybridized carbons (Fsp3) is 0.571. The van der Waals surface area contributed by atoms with Crippen LogP contribution in [0.25, 0.3) is 0 Å². The Morgan fingerprint density at radius 2 is 2.43 bits per heavy atom. The normalized spacial score (nSPS) is 21.3. The van der Waals surface area contributed by atoms with Crippen LogP contribution in [0, 0.1) is 0 Å². The van der Waals surface area contributed by atoms with E-state index in [1.807, 2.05) is 18.7 Å². The predicted molar refractivity (Wildman–Crippen MR) is 91.1 cm³/mol. The third kappa shape index (κ3) is 3.91. The van der Waals surface area contributed by atoms with Crippen molar-refractivity contribution in [2.24, 2.45) is 7.05 Å². The van der Waals surface area contributed by atoms with Crippen molar-refractivity contribution in [3.63, 3.8) is 0 Å². The first-order chi connectivity index (χ1) is 11.2. The van der Waals surface area contributed by atoms with Gasteiger partial charge in [0.2, 0.25) is 0 Å². The fourth-order valence-electron chi connectivity index (χ4n) is 3.07. The second-order valence-corrected chi connectivity index (χ2v) is 7.38. The summed E-state index contributed by atoms with van der Waals surface area (Å²) in [4.78, 5) is 17.5. The molecule has 2 atom stereocenters. The zero-order chi connectivity index (χ0) is 16.2. The molecule has 7 nitrogen and oxygen atoms in total. The second-order valence-electron chi connectivity index (χ2n) is 5.71. The van der Waals surface area contributed by atoms with E-state index in [0.29, 0.717) is 17.6 Å². The molecule has 0 radical (unpaired) electrons. The monoisotopic (exact) mass is 353 g/mol. The van der Waals surface area contributed by atoms with Gasteiger partial charge in [-0.2, -0.15) is 0 Å². The summed E-state index contributed by atoms with van der Waals surface area (Å²) >= 11 is 3.05. The van der Waals surface area contributed by atoms with E-state index < -0.39 is 0 Å². The molecule has 1 aliphatic heterocycles. The summed E-state index contributed by atoms with van der Waals surface area (Å²) in [5, 5.41) is 14.9. The topological polar surface area (TPSA) is 77.1 Å². The van der Waals surface area contributed by atoms with Crippen molar-refractivity contribution in [3.8, 4) is 0 Å². The molecule has 2 N–H and O–H groups in total. The van der Waals surface area contributed by atoms with Crippen LogP contribution in [0.1, 0.15) is 24.6 Å². The van der Waals surface area contributed by atoms with Crippen LogP contribution < -0.4 is 10.2 Å². The van der Waals surface area contributed by atoms with Crippen molar-refractivity contribution in [2.75, 3.05) is 31.2 Å². The molecule has 9 heteroatoms. The maximum absolute atomic E-state index is 12.1. The van der Waals surface area contributed by atoms with Crippen LogP contribution in [-0.4, -0.2) is 51.5 Å². The van der Waals surface area contributed by atoms with E-state index >= 15 is 0 Å². The molecule has 1 aliphatic rings. The fourth-order valence-corrected chi connectivity index (χ4v) is 4.10. The Balaban J connectivity index is 1.59. The highest BCUT2D eigenvalue weighted by atomic mass is 32.2. The largest absolute Gasteiger partial charge is 0.327 e. The van der Waals surface area contributed by atoms with Crippen molar-refractivity contribution >= 4 is 34.1 Å². The number of thioether (sulfide) groups is 1. The molecule has 0 aromatic carbocycles. The number of piperidine rings is 1. The summed E-state index contributed by atoms with van der Waals surface area (Å²) in [6.45, 7) is 2.42. The molecule has 23 heavy (non-hydrogen) atoms. The number of nitrogens with zero attached hydrogens (tertiary/aromatic N) is 4. The van der Waals surface area contributed by atoms with E-state index in [0.717, 1.165) is 36.9 Å². The summed E-state index contributed by atoms with van der Waals surface area (Å²) in [6.07, 6.45) is 5.92. The van der Waals surface area contributed by atoms with E-state index in [-0.39, 0.29) is 5.91 Å². The number of anilines is 1. The minimum atomic E-state index is 0.0263. The summed E-state index contributed by atoms with van der Waals surface area (Å²) < 4.78 is 2.08. The first-order valence-electron chi connectivity index (χ1n) is 7.63. The number of likely N-dealkylation sites (tertiary alicyclic amines) is 1. The van der Waals surface area contributed by atoms with E-state index in [1.165, 1.54) is 16.2 Å². The van der Waals surface area contributed by atoms with E-state index in [9.17, 15) is 4.79 Å². The molecular formula is C14H21N6OS2+. The molecule has 1 unspecified atom stereocenters. The molecule has 1 amide bonds. The maximum Gasteiger partial charge on any atom is 0.281 e. The molecule has 124 valence electrons. The van der Waals surface area contributed by atoms with Gasteiger partial charge in [0.05, 0.1) is 19.0 Å². The molecule has 2 aromatic rings. The Labute approximate surface area is 143 Å². The van der Waals surface area contributed by atoms with Gasteiger partial charge in [-0.15, -0.1) is 21.5 Å². The Morgan fingerprint density at radius 3 is 3.13 bits per heavy atom. The van der Waals surface area contributed by atoms with Gasteiger partial charge in [-0.05, 0) is 19.1 Å². The maximum atomic E-state index is 12.1. The highest BCUT2D eigenvalue weighted by Gasteiger charge is 2.29. The van der Waals surface area contributed by atoms with E-state index in [4.69, 9.17) is 0 Å². The first kappa shape index (κ1) is 16.4. The minimum absolute atomic E-state index is 0.0263. The summed E-state index contributed by atoms with van der Waals surface area (Å²) in [6, 6.07) is 0. The molecular weight excluding hydrogens is 332 g/mol. The number of carbonyl (C=O) groups is 1. The number of amides is 1. The van der Waals surface area contributed by atoms with Crippen molar-refractivity contribution in [2.45, 2.75) is 23.9 Å². The number of thiazole rings is 1. The summed E-state index contributed by atoms with van der Waals surface area (Å²) in [5.41, 5.74) is 0. The Hall–Kier alpha value is -1.45. The third-order valence-corrected chi connectivity index (χ3v) is 5.53. The van der Waals surface area contributed by atoms with Gasteiger partial charge in [0.1, 0.15) is 5.82 Å². The number of nitrogens with one attached hydrogen (secondary N) is 2. The predicted octanol–water partition coefficient (Wildman–Crippen LogP) is 0.394. The lowest BCUT2D eigenvalue weighted by molar-refractivity contribution is -0.898.